The lowest BCUT2D eigenvalue weighted by atomic mass is 10.2. The first kappa shape index (κ1) is 16.0. The number of rotatable bonds is 3. The van der Waals surface area contributed by atoms with Crippen molar-refractivity contribution < 1.29 is 27.2 Å². The summed E-state index contributed by atoms with van der Waals surface area (Å²) in [5, 5.41) is 9.64. The summed E-state index contributed by atoms with van der Waals surface area (Å²) in [7, 11) is 0. The van der Waals surface area contributed by atoms with Crippen LogP contribution < -0.4 is 4.74 Å². The van der Waals surface area contributed by atoms with Crippen LogP contribution in [0.1, 0.15) is 5.56 Å². The van der Waals surface area contributed by atoms with E-state index in [9.17, 15) is 27.7 Å². The Balaban J connectivity index is 2.29. The quantitative estimate of drug-likeness (QED) is 0.440. The molecule has 2 rings (SSSR count). The van der Waals surface area contributed by atoms with Crippen LogP contribution in [0, 0.1) is 15.9 Å². The van der Waals surface area contributed by atoms with Crippen molar-refractivity contribution in [3.05, 3.63) is 62.9 Å². The average Bonchev–Trinajstić information content (AvgIpc) is 2.36. The van der Waals surface area contributed by atoms with Crippen molar-refractivity contribution in [2.75, 3.05) is 0 Å². The number of nitro benzene ring substituents is 1. The first-order valence-corrected chi connectivity index (χ1v) is 6.05. The van der Waals surface area contributed by atoms with E-state index in [2.05, 4.69) is 0 Å². The van der Waals surface area contributed by atoms with Crippen LogP contribution >= 0.6 is 11.6 Å². The van der Waals surface area contributed by atoms with Gasteiger partial charge >= 0.3 is 6.18 Å². The van der Waals surface area contributed by atoms with E-state index in [1.807, 2.05) is 0 Å². The summed E-state index contributed by atoms with van der Waals surface area (Å²) in [6, 6.07) is 6.07. The minimum atomic E-state index is -4.92. The van der Waals surface area contributed by atoms with Crippen LogP contribution in [0.4, 0.5) is 23.2 Å². The van der Waals surface area contributed by atoms with E-state index in [4.69, 9.17) is 16.3 Å². The second kappa shape index (κ2) is 5.80. The zero-order valence-electron chi connectivity index (χ0n) is 10.5. The van der Waals surface area contributed by atoms with E-state index in [0.717, 1.165) is 18.2 Å². The molecule has 0 amide bonds. The Labute approximate surface area is 126 Å². The van der Waals surface area contributed by atoms with Gasteiger partial charge in [-0.3, -0.25) is 10.1 Å². The molecule has 0 N–H and O–H groups in total. The topological polar surface area (TPSA) is 52.4 Å². The monoisotopic (exact) mass is 335 g/mol. The molecule has 0 saturated carbocycles. The molecule has 0 fully saturated rings. The molecule has 0 radical (unpaired) electrons. The SMILES string of the molecule is O=[N+]([O-])c1ccc(Oc2cc(F)c(C(F)(F)F)c(Cl)c2)cc1. The summed E-state index contributed by atoms with van der Waals surface area (Å²) < 4.78 is 56.3. The standard InChI is InChI=1S/C13H6ClF4NO3/c14-10-5-9(6-11(15)12(10)13(16,17)18)22-8-3-1-7(2-4-8)19(20)21/h1-6H. The Bertz CT molecular complexity index is 693. The second-order valence-electron chi connectivity index (χ2n) is 4.11. The highest BCUT2D eigenvalue weighted by molar-refractivity contribution is 6.31. The molecule has 0 aliphatic rings. The fourth-order valence-electron chi connectivity index (χ4n) is 1.65. The Morgan fingerprint density at radius 2 is 1.68 bits per heavy atom. The van der Waals surface area contributed by atoms with Gasteiger partial charge in [0.2, 0.25) is 0 Å². The summed E-state index contributed by atoms with van der Waals surface area (Å²) in [5.74, 6) is -1.75. The fraction of sp³-hybridized carbons (Fsp3) is 0.0769. The number of halogens is 5. The smallest absolute Gasteiger partial charge is 0.420 e. The molecule has 0 aromatic heterocycles. The number of hydrogen-bond acceptors (Lipinski definition) is 3. The molecule has 9 heteroatoms. The molecule has 22 heavy (non-hydrogen) atoms. The molecule has 0 bridgehead atoms. The minimum absolute atomic E-state index is 0.0841. The Hall–Kier alpha value is -2.35. The lowest BCUT2D eigenvalue weighted by molar-refractivity contribution is -0.384. The second-order valence-corrected chi connectivity index (χ2v) is 4.52. The van der Waals surface area contributed by atoms with Crippen molar-refractivity contribution >= 4 is 17.3 Å². The Kier molecular flexibility index (Phi) is 4.23. The largest absolute Gasteiger partial charge is 0.457 e. The molecule has 0 heterocycles. The third kappa shape index (κ3) is 3.45. The fourth-order valence-corrected chi connectivity index (χ4v) is 1.96. The van der Waals surface area contributed by atoms with Crippen molar-refractivity contribution in [1.29, 1.82) is 0 Å². The molecule has 0 unspecified atom stereocenters. The molecule has 116 valence electrons. The van der Waals surface area contributed by atoms with Crippen LogP contribution in [0.25, 0.3) is 0 Å². The number of alkyl halides is 3. The van der Waals surface area contributed by atoms with Gasteiger partial charge in [-0.05, 0) is 12.1 Å². The molecule has 0 saturated heterocycles. The van der Waals surface area contributed by atoms with E-state index in [1.54, 1.807) is 0 Å². The van der Waals surface area contributed by atoms with Crippen molar-refractivity contribution in [2.24, 2.45) is 0 Å². The van der Waals surface area contributed by atoms with Gasteiger partial charge in [-0.1, -0.05) is 11.6 Å². The summed E-state index contributed by atoms with van der Waals surface area (Å²) >= 11 is 5.42. The van der Waals surface area contributed by atoms with E-state index in [0.29, 0.717) is 6.07 Å². The van der Waals surface area contributed by atoms with E-state index in [-0.39, 0.29) is 17.2 Å². The lowest BCUT2D eigenvalue weighted by Crippen LogP contribution is -2.09. The van der Waals surface area contributed by atoms with Crippen molar-refractivity contribution in [1.82, 2.24) is 0 Å². The van der Waals surface area contributed by atoms with Gasteiger partial charge in [0.1, 0.15) is 22.9 Å². The normalized spacial score (nSPS) is 11.3. The minimum Gasteiger partial charge on any atom is -0.457 e. The molecule has 4 nitrogen and oxygen atoms in total. The molecular weight excluding hydrogens is 330 g/mol. The van der Waals surface area contributed by atoms with Crippen molar-refractivity contribution in [2.45, 2.75) is 6.18 Å². The number of benzene rings is 2. The number of non-ortho nitro benzene ring substituents is 1. The molecule has 0 spiro atoms. The summed E-state index contributed by atoms with van der Waals surface area (Å²) in [6.45, 7) is 0. The highest BCUT2D eigenvalue weighted by atomic mass is 35.5. The van der Waals surface area contributed by atoms with Gasteiger partial charge in [-0.15, -0.1) is 0 Å². The Morgan fingerprint density at radius 1 is 1.09 bits per heavy atom. The summed E-state index contributed by atoms with van der Waals surface area (Å²) in [5.41, 5.74) is -1.77. The lowest BCUT2D eigenvalue weighted by Gasteiger charge is -2.12. The van der Waals surface area contributed by atoms with Crippen LogP contribution in [0.5, 0.6) is 11.5 Å². The van der Waals surface area contributed by atoms with E-state index >= 15 is 0 Å². The van der Waals surface area contributed by atoms with E-state index in [1.165, 1.54) is 12.1 Å². The number of hydrogen-bond donors (Lipinski definition) is 0. The van der Waals surface area contributed by atoms with E-state index < -0.39 is 27.5 Å². The Morgan fingerprint density at radius 3 is 2.14 bits per heavy atom. The molecule has 0 aliphatic heterocycles. The zero-order valence-corrected chi connectivity index (χ0v) is 11.3. The molecule has 2 aromatic rings. The van der Waals surface area contributed by atoms with Crippen LogP contribution in [0.15, 0.2) is 36.4 Å². The third-order valence-corrected chi connectivity index (χ3v) is 2.88. The van der Waals surface area contributed by atoms with Crippen molar-refractivity contribution in [3.63, 3.8) is 0 Å². The average molecular weight is 336 g/mol. The third-order valence-electron chi connectivity index (χ3n) is 2.58. The number of nitrogens with zero attached hydrogens (tertiary/aromatic N) is 1. The van der Waals surface area contributed by atoms with Gasteiger partial charge in [0.15, 0.2) is 0 Å². The van der Waals surface area contributed by atoms with Crippen LogP contribution in [-0.2, 0) is 6.18 Å². The molecule has 2 aromatic carbocycles. The number of nitro groups is 1. The van der Waals surface area contributed by atoms with Crippen molar-refractivity contribution in [3.8, 4) is 11.5 Å². The maximum atomic E-state index is 13.5. The van der Waals surface area contributed by atoms with Gasteiger partial charge in [0, 0.05) is 24.3 Å². The van der Waals surface area contributed by atoms with Gasteiger partial charge in [-0.2, -0.15) is 13.2 Å². The molecule has 0 aliphatic carbocycles. The van der Waals surface area contributed by atoms with Crippen LogP contribution in [-0.4, -0.2) is 4.92 Å². The highest BCUT2D eigenvalue weighted by Gasteiger charge is 2.37. The van der Waals surface area contributed by atoms with Crippen LogP contribution in [0.3, 0.4) is 0 Å². The summed E-state index contributed by atoms with van der Waals surface area (Å²) in [4.78, 5) is 9.86. The van der Waals surface area contributed by atoms with Gasteiger partial charge in [0.05, 0.1) is 9.95 Å². The first-order valence-electron chi connectivity index (χ1n) is 5.67. The predicted octanol–water partition coefficient (Wildman–Crippen LogP) is 5.20. The van der Waals surface area contributed by atoms with Crippen LogP contribution in [0.2, 0.25) is 5.02 Å². The van der Waals surface area contributed by atoms with Gasteiger partial charge in [-0.25, -0.2) is 4.39 Å². The maximum absolute atomic E-state index is 13.5. The van der Waals surface area contributed by atoms with Gasteiger partial charge in [0.25, 0.3) is 5.69 Å². The summed E-state index contributed by atoms with van der Waals surface area (Å²) in [6.07, 6.45) is -4.92. The zero-order chi connectivity index (χ0) is 16.5. The predicted molar refractivity (Wildman–Crippen MR) is 69.6 cm³/mol. The molecular formula is C13H6ClF4NO3. The number of ether oxygens (including phenoxy) is 1. The maximum Gasteiger partial charge on any atom is 0.420 e. The highest BCUT2D eigenvalue weighted by Crippen LogP contribution is 2.39. The first-order chi connectivity index (χ1) is 10.2. The molecule has 0 atom stereocenters. The van der Waals surface area contributed by atoms with Gasteiger partial charge < -0.3 is 4.74 Å².